The molecule has 0 bridgehead atoms. The van der Waals surface area contributed by atoms with E-state index >= 15 is 0 Å². The average molecular weight is 395 g/mol. The fourth-order valence-electron chi connectivity index (χ4n) is 3.72. The summed E-state index contributed by atoms with van der Waals surface area (Å²) in [4.78, 5) is 26.9. The monoisotopic (exact) mass is 395 g/mol. The number of esters is 1. The van der Waals surface area contributed by atoms with Crippen LogP contribution in [0.2, 0.25) is 0 Å². The number of benzene rings is 2. The van der Waals surface area contributed by atoms with Crippen LogP contribution >= 0.6 is 0 Å². The van der Waals surface area contributed by atoms with E-state index in [9.17, 15) is 9.59 Å². The van der Waals surface area contributed by atoms with Crippen LogP contribution in [-0.2, 0) is 20.7 Å². The first-order chi connectivity index (χ1) is 14.1. The Morgan fingerprint density at radius 2 is 1.97 bits per heavy atom. The van der Waals surface area contributed by atoms with Crippen LogP contribution in [0.25, 0.3) is 0 Å². The van der Waals surface area contributed by atoms with E-state index in [-0.39, 0.29) is 12.0 Å². The minimum atomic E-state index is -0.857. The maximum Gasteiger partial charge on any atom is 0.338 e. The Morgan fingerprint density at radius 1 is 1.17 bits per heavy atom. The van der Waals surface area contributed by atoms with Gasteiger partial charge in [-0.25, -0.2) is 4.79 Å². The maximum atomic E-state index is 12.8. The van der Waals surface area contributed by atoms with Crippen molar-refractivity contribution in [2.24, 2.45) is 0 Å². The van der Waals surface area contributed by atoms with Crippen molar-refractivity contribution in [2.45, 2.75) is 38.4 Å². The molecule has 4 rings (SSSR count). The highest BCUT2D eigenvalue weighted by Gasteiger charge is 2.30. The third-order valence-electron chi connectivity index (χ3n) is 5.33. The lowest BCUT2D eigenvalue weighted by atomic mass is 10.2. The molecule has 0 unspecified atom stereocenters. The average Bonchev–Trinajstić information content (AvgIpc) is 3.42. The number of hydrogen-bond acceptors (Lipinski definition) is 5. The van der Waals surface area contributed by atoms with Crippen molar-refractivity contribution < 1.29 is 23.8 Å². The Morgan fingerprint density at radius 3 is 2.72 bits per heavy atom. The number of rotatable bonds is 6. The summed E-state index contributed by atoms with van der Waals surface area (Å²) in [6.45, 7) is 3.52. The van der Waals surface area contributed by atoms with E-state index in [1.54, 1.807) is 36.1 Å². The second kappa shape index (κ2) is 8.66. The number of carbonyl (C=O) groups excluding carboxylic acids is 2. The van der Waals surface area contributed by atoms with Crippen LogP contribution in [-0.4, -0.2) is 43.8 Å². The van der Waals surface area contributed by atoms with Crippen molar-refractivity contribution >= 4 is 17.6 Å². The van der Waals surface area contributed by atoms with Crippen LogP contribution in [0.4, 0.5) is 5.69 Å². The Hall–Kier alpha value is -2.86. The summed E-state index contributed by atoms with van der Waals surface area (Å²) < 4.78 is 16.7. The van der Waals surface area contributed by atoms with Gasteiger partial charge < -0.3 is 19.1 Å². The van der Waals surface area contributed by atoms with Crippen molar-refractivity contribution in [1.82, 2.24) is 0 Å². The number of ether oxygens (including phenoxy) is 3. The number of fused-ring (bicyclic) bond motifs is 1. The van der Waals surface area contributed by atoms with Crippen LogP contribution in [0, 0.1) is 0 Å². The first-order valence-corrected chi connectivity index (χ1v) is 10.1. The molecule has 29 heavy (non-hydrogen) atoms. The zero-order valence-corrected chi connectivity index (χ0v) is 16.5. The predicted molar refractivity (Wildman–Crippen MR) is 108 cm³/mol. The lowest BCUT2D eigenvalue weighted by molar-refractivity contribution is -0.126. The van der Waals surface area contributed by atoms with E-state index < -0.39 is 12.1 Å². The molecule has 0 saturated carbocycles. The topological polar surface area (TPSA) is 65.1 Å². The molecule has 6 heteroatoms. The van der Waals surface area contributed by atoms with Crippen molar-refractivity contribution in [1.29, 1.82) is 0 Å². The smallest absolute Gasteiger partial charge is 0.338 e. The van der Waals surface area contributed by atoms with Gasteiger partial charge >= 0.3 is 5.97 Å². The van der Waals surface area contributed by atoms with Crippen molar-refractivity contribution in [3.63, 3.8) is 0 Å². The summed E-state index contributed by atoms with van der Waals surface area (Å²) >= 11 is 0. The Kier molecular flexibility index (Phi) is 5.81. The number of amides is 1. The van der Waals surface area contributed by atoms with Crippen LogP contribution in [0.15, 0.2) is 48.5 Å². The molecule has 2 aromatic rings. The molecule has 152 valence electrons. The molecule has 0 aliphatic carbocycles. The van der Waals surface area contributed by atoms with E-state index in [1.165, 1.54) is 0 Å². The molecule has 0 spiro atoms. The summed E-state index contributed by atoms with van der Waals surface area (Å²) in [5.41, 5.74) is 2.42. The number of para-hydroxylation sites is 1. The molecule has 2 atom stereocenters. The van der Waals surface area contributed by atoms with Gasteiger partial charge in [-0.2, -0.15) is 0 Å². The van der Waals surface area contributed by atoms with Gasteiger partial charge in [-0.3, -0.25) is 4.79 Å². The van der Waals surface area contributed by atoms with Gasteiger partial charge in [0.25, 0.3) is 5.91 Å². The predicted octanol–water partition coefficient (Wildman–Crippen LogP) is 3.38. The van der Waals surface area contributed by atoms with Crippen molar-refractivity contribution in [3.05, 3.63) is 59.7 Å². The van der Waals surface area contributed by atoms with Gasteiger partial charge in [-0.1, -0.05) is 18.2 Å². The van der Waals surface area contributed by atoms with Crippen LogP contribution in [0.1, 0.15) is 35.7 Å². The molecule has 1 amide bonds. The van der Waals surface area contributed by atoms with Gasteiger partial charge in [0.1, 0.15) is 12.4 Å². The Bertz CT molecular complexity index is 873. The SMILES string of the molecule is C[C@@H](OC(=O)c1ccc(OC[C@@H]2CCCO2)cc1)C(=O)N1CCc2ccccc21. The minimum absolute atomic E-state index is 0.141. The number of nitrogens with zero attached hydrogens (tertiary/aromatic N) is 1. The minimum Gasteiger partial charge on any atom is -0.491 e. The second-order valence-corrected chi connectivity index (χ2v) is 7.39. The first kappa shape index (κ1) is 19.5. The normalized spacial score (nSPS) is 18.9. The Balaban J connectivity index is 1.32. The lowest BCUT2D eigenvalue weighted by Crippen LogP contribution is -2.39. The highest BCUT2D eigenvalue weighted by molar-refractivity contribution is 6.00. The van der Waals surface area contributed by atoms with Gasteiger partial charge in [0, 0.05) is 18.8 Å². The molecule has 0 radical (unpaired) electrons. The second-order valence-electron chi connectivity index (χ2n) is 7.39. The van der Waals surface area contributed by atoms with Crippen LogP contribution < -0.4 is 9.64 Å². The molecule has 2 heterocycles. The molecular formula is C23H25NO5. The van der Waals surface area contributed by atoms with Gasteiger partial charge in [0.15, 0.2) is 6.10 Å². The fourth-order valence-corrected chi connectivity index (χ4v) is 3.72. The molecule has 6 nitrogen and oxygen atoms in total. The van der Waals surface area contributed by atoms with Crippen LogP contribution in [0.5, 0.6) is 5.75 Å². The quantitative estimate of drug-likeness (QED) is 0.702. The van der Waals surface area contributed by atoms with Gasteiger partial charge in [-0.05, 0) is 62.1 Å². The largest absolute Gasteiger partial charge is 0.491 e. The molecular weight excluding hydrogens is 370 g/mol. The molecule has 2 aliphatic heterocycles. The third kappa shape index (κ3) is 4.43. The van der Waals surface area contributed by atoms with E-state index in [4.69, 9.17) is 14.2 Å². The van der Waals surface area contributed by atoms with E-state index in [2.05, 4.69) is 0 Å². The third-order valence-corrected chi connectivity index (χ3v) is 5.33. The van der Waals surface area contributed by atoms with Gasteiger partial charge in [-0.15, -0.1) is 0 Å². The molecule has 0 aromatic heterocycles. The number of carbonyl (C=O) groups is 2. The lowest BCUT2D eigenvalue weighted by Gasteiger charge is -2.21. The first-order valence-electron chi connectivity index (χ1n) is 10.1. The van der Waals surface area contributed by atoms with Gasteiger partial charge in [0.2, 0.25) is 0 Å². The summed E-state index contributed by atoms with van der Waals surface area (Å²) in [5, 5.41) is 0. The highest BCUT2D eigenvalue weighted by Crippen LogP contribution is 2.28. The molecule has 0 N–H and O–H groups in total. The molecule has 1 fully saturated rings. The molecule has 1 saturated heterocycles. The van der Waals surface area contributed by atoms with Crippen molar-refractivity contribution in [2.75, 3.05) is 24.7 Å². The highest BCUT2D eigenvalue weighted by atomic mass is 16.5. The summed E-state index contributed by atoms with van der Waals surface area (Å²) in [7, 11) is 0. The summed E-state index contributed by atoms with van der Waals surface area (Å²) in [5.74, 6) is -0.0568. The Labute approximate surface area is 170 Å². The molecule has 2 aliphatic rings. The van der Waals surface area contributed by atoms with E-state index in [0.29, 0.717) is 24.5 Å². The zero-order valence-electron chi connectivity index (χ0n) is 16.5. The van der Waals surface area contributed by atoms with Gasteiger partial charge in [0.05, 0.1) is 11.7 Å². The summed E-state index contributed by atoms with van der Waals surface area (Å²) in [6.07, 6.45) is 2.18. The molecule has 2 aromatic carbocycles. The fraction of sp³-hybridized carbons (Fsp3) is 0.391. The number of hydrogen-bond donors (Lipinski definition) is 0. The van der Waals surface area contributed by atoms with E-state index in [1.807, 2.05) is 24.3 Å². The van der Waals surface area contributed by atoms with Crippen LogP contribution in [0.3, 0.4) is 0 Å². The standard InChI is InChI=1S/C23H25NO5/c1-16(22(25)24-13-12-17-5-2-3-7-21(17)24)29-23(26)18-8-10-19(11-9-18)28-15-20-6-4-14-27-20/h2-3,5,7-11,16,20H,4,6,12-15H2,1H3/t16-,20+/m1/s1. The van der Waals surface area contributed by atoms with Crippen molar-refractivity contribution in [3.8, 4) is 5.75 Å². The zero-order chi connectivity index (χ0) is 20.2. The van der Waals surface area contributed by atoms with E-state index in [0.717, 1.165) is 37.1 Å². The maximum absolute atomic E-state index is 12.8. The summed E-state index contributed by atoms with van der Waals surface area (Å²) in [6, 6.07) is 14.6. The number of anilines is 1.